The van der Waals surface area contributed by atoms with Crippen LogP contribution in [0, 0.1) is 0 Å². The molecule has 1 heterocycles. The van der Waals surface area contributed by atoms with Gasteiger partial charge in [0, 0.05) is 29.9 Å². The number of nitrogens with one attached hydrogen (secondary N) is 1. The minimum atomic E-state index is 0.00132. The third kappa shape index (κ3) is 4.74. The predicted octanol–water partition coefficient (Wildman–Crippen LogP) is 4.80. The van der Waals surface area contributed by atoms with Crippen LogP contribution in [0.5, 0.6) is 0 Å². The number of carbonyl (C=O) groups is 1. The number of benzene rings is 2. The molecule has 1 aromatic heterocycles. The molecule has 2 aromatic carbocycles. The molecule has 0 spiro atoms. The number of likely N-dealkylation sites (N-methyl/N-ethyl adjacent to an activating group) is 1. The summed E-state index contributed by atoms with van der Waals surface area (Å²) in [6.07, 6.45) is 2.57. The Bertz CT molecular complexity index is 917. The summed E-state index contributed by atoms with van der Waals surface area (Å²) in [6.45, 7) is 2.85. The van der Waals surface area contributed by atoms with Crippen LogP contribution < -0.4 is 5.32 Å². The maximum atomic E-state index is 12.4. The number of nitrogens with zero attached hydrogens (tertiary/aromatic N) is 2. The van der Waals surface area contributed by atoms with Gasteiger partial charge < -0.3 is 5.32 Å². The van der Waals surface area contributed by atoms with Crippen molar-refractivity contribution in [1.82, 2.24) is 15.2 Å². The molecule has 1 saturated carbocycles. The van der Waals surface area contributed by atoms with E-state index in [1.807, 2.05) is 42.5 Å². The summed E-state index contributed by atoms with van der Waals surface area (Å²) in [5, 5.41) is 3.06. The second-order valence-corrected chi connectivity index (χ2v) is 9.64. The van der Waals surface area contributed by atoms with Crippen molar-refractivity contribution >= 4 is 39.2 Å². The highest BCUT2D eigenvalue weighted by molar-refractivity contribution is 8.00. The molecule has 6 heteroatoms. The average Bonchev–Trinajstić information content (AvgIpc) is 3.49. The molecular formula is C22H25N3OS2. The Balaban J connectivity index is 1.28. The molecule has 146 valence electrons. The van der Waals surface area contributed by atoms with Crippen molar-refractivity contribution in [1.29, 1.82) is 0 Å². The molecule has 1 fully saturated rings. The highest BCUT2D eigenvalue weighted by Gasteiger charge is 2.29. The van der Waals surface area contributed by atoms with Gasteiger partial charge in [0.15, 0.2) is 4.34 Å². The number of aromatic nitrogens is 1. The number of para-hydroxylation sites is 1. The number of amides is 1. The first-order valence-corrected chi connectivity index (χ1v) is 11.5. The fraction of sp³-hybridized carbons (Fsp3) is 0.364. The van der Waals surface area contributed by atoms with Crippen LogP contribution in [0.2, 0.25) is 0 Å². The van der Waals surface area contributed by atoms with E-state index in [1.165, 1.54) is 23.1 Å². The molecule has 0 radical (unpaired) electrons. The lowest BCUT2D eigenvalue weighted by molar-refractivity contribution is 0.0939. The molecule has 1 aliphatic carbocycles. The first kappa shape index (κ1) is 19.4. The molecule has 0 bridgehead atoms. The van der Waals surface area contributed by atoms with Crippen molar-refractivity contribution in [2.75, 3.05) is 13.6 Å². The van der Waals surface area contributed by atoms with Gasteiger partial charge in [0.2, 0.25) is 0 Å². The first-order valence-electron chi connectivity index (χ1n) is 9.67. The van der Waals surface area contributed by atoms with Crippen molar-refractivity contribution in [2.45, 2.75) is 41.9 Å². The lowest BCUT2D eigenvalue weighted by Gasteiger charge is -2.24. The Morgan fingerprint density at radius 3 is 2.71 bits per heavy atom. The summed E-state index contributed by atoms with van der Waals surface area (Å²) in [7, 11) is 2.15. The number of fused-ring (bicyclic) bond motifs is 1. The number of carbonyl (C=O) groups excluding carboxylic acids is 1. The summed E-state index contributed by atoms with van der Waals surface area (Å²) in [6, 6.07) is 17.2. The number of hydrogen-bond acceptors (Lipinski definition) is 5. The molecule has 1 atom stereocenters. The largest absolute Gasteiger partial charge is 0.350 e. The monoisotopic (exact) mass is 411 g/mol. The standard InChI is InChI=1S/C22H25N3OS2/c1-15(25(2)18-11-12-18)13-23-21(26)17-9-7-16(8-10-17)14-27-22-24-19-5-3-4-6-20(19)28-22/h3-10,15,18H,11-14H2,1-2H3,(H,23,26). The Hall–Kier alpha value is -1.89. The maximum absolute atomic E-state index is 12.4. The molecule has 1 amide bonds. The van der Waals surface area contributed by atoms with Gasteiger partial charge in [-0.2, -0.15) is 0 Å². The zero-order valence-electron chi connectivity index (χ0n) is 16.2. The van der Waals surface area contributed by atoms with E-state index in [4.69, 9.17) is 0 Å². The van der Waals surface area contributed by atoms with Crippen molar-refractivity contribution in [3.05, 3.63) is 59.7 Å². The molecular weight excluding hydrogens is 386 g/mol. The van der Waals surface area contributed by atoms with Gasteiger partial charge in [-0.25, -0.2) is 4.98 Å². The molecule has 1 aliphatic rings. The minimum Gasteiger partial charge on any atom is -0.350 e. The molecule has 4 nitrogen and oxygen atoms in total. The SMILES string of the molecule is CC(CNC(=O)c1ccc(CSc2nc3ccccc3s2)cc1)N(C)C1CC1. The van der Waals surface area contributed by atoms with Gasteiger partial charge in [-0.15, -0.1) is 11.3 Å². The van der Waals surface area contributed by atoms with E-state index < -0.39 is 0 Å². The lowest BCUT2D eigenvalue weighted by Crippen LogP contribution is -2.41. The smallest absolute Gasteiger partial charge is 0.251 e. The number of thiazole rings is 1. The van der Waals surface area contributed by atoms with Crippen LogP contribution in [-0.4, -0.2) is 41.5 Å². The summed E-state index contributed by atoms with van der Waals surface area (Å²) >= 11 is 3.47. The van der Waals surface area contributed by atoms with Crippen LogP contribution in [0.3, 0.4) is 0 Å². The topological polar surface area (TPSA) is 45.2 Å². The molecule has 1 N–H and O–H groups in total. The van der Waals surface area contributed by atoms with E-state index in [0.717, 1.165) is 21.2 Å². The summed E-state index contributed by atoms with van der Waals surface area (Å²) in [4.78, 5) is 19.4. The van der Waals surface area contributed by atoms with Crippen LogP contribution in [0.1, 0.15) is 35.7 Å². The number of thioether (sulfide) groups is 1. The molecule has 28 heavy (non-hydrogen) atoms. The van der Waals surface area contributed by atoms with E-state index in [-0.39, 0.29) is 5.91 Å². The van der Waals surface area contributed by atoms with Gasteiger partial charge in [-0.1, -0.05) is 36.0 Å². The van der Waals surface area contributed by atoms with E-state index in [0.29, 0.717) is 18.6 Å². The summed E-state index contributed by atoms with van der Waals surface area (Å²) < 4.78 is 2.30. The maximum Gasteiger partial charge on any atom is 0.251 e. The van der Waals surface area contributed by atoms with E-state index in [1.54, 1.807) is 23.1 Å². The van der Waals surface area contributed by atoms with Gasteiger partial charge in [-0.05, 0) is 56.6 Å². The van der Waals surface area contributed by atoms with Gasteiger partial charge in [0.1, 0.15) is 0 Å². The van der Waals surface area contributed by atoms with Gasteiger partial charge in [0.05, 0.1) is 10.2 Å². The predicted molar refractivity (Wildman–Crippen MR) is 118 cm³/mol. The van der Waals surface area contributed by atoms with Crippen LogP contribution in [0.4, 0.5) is 0 Å². The molecule has 1 unspecified atom stereocenters. The third-order valence-electron chi connectivity index (χ3n) is 5.23. The Morgan fingerprint density at radius 1 is 1.25 bits per heavy atom. The quantitative estimate of drug-likeness (QED) is 0.541. The summed E-state index contributed by atoms with van der Waals surface area (Å²) in [5.41, 5.74) is 2.97. The summed E-state index contributed by atoms with van der Waals surface area (Å²) in [5.74, 6) is 0.853. The first-order chi connectivity index (χ1) is 13.6. The normalized spacial score (nSPS) is 15.1. The van der Waals surface area contributed by atoms with Crippen LogP contribution in [-0.2, 0) is 5.75 Å². The highest BCUT2D eigenvalue weighted by atomic mass is 32.2. The third-order valence-corrected chi connectivity index (χ3v) is 7.48. The van der Waals surface area contributed by atoms with Gasteiger partial charge in [0.25, 0.3) is 5.91 Å². The van der Waals surface area contributed by atoms with Crippen molar-refractivity contribution in [2.24, 2.45) is 0 Å². The Kier molecular flexibility index (Phi) is 5.99. The zero-order chi connectivity index (χ0) is 19.5. The van der Waals surface area contributed by atoms with Gasteiger partial charge >= 0.3 is 0 Å². The molecule has 0 aliphatic heterocycles. The van der Waals surface area contributed by atoms with Gasteiger partial charge in [-0.3, -0.25) is 9.69 Å². The van der Waals surface area contributed by atoms with Crippen molar-refractivity contribution < 1.29 is 4.79 Å². The number of rotatable bonds is 8. The highest BCUT2D eigenvalue weighted by Crippen LogP contribution is 2.31. The van der Waals surface area contributed by atoms with E-state index in [9.17, 15) is 4.79 Å². The fourth-order valence-electron chi connectivity index (χ4n) is 3.14. The zero-order valence-corrected chi connectivity index (χ0v) is 17.9. The van der Waals surface area contributed by atoms with E-state index >= 15 is 0 Å². The fourth-order valence-corrected chi connectivity index (χ4v) is 5.16. The Labute approximate surface area is 174 Å². The van der Waals surface area contributed by atoms with Crippen LogP contribution in [0.25, 0.3) is 10.2 Å². The molecule has 4 rings (SSSR count). The molecule has 0 saturated heterocycles. The molecule has 3 aromatic rings. The average molecular weight is 412 g/mol. The lowest BCUT2D eigenvalue weighted by atomic mass is 10.1. The van der Waals surface area contributed by atoms with Crippen LogP contribution in [0.15, 0.2) is 52.9 Å². The van der Waals surface area contributed by atoms with Crippen LogP contribution >= 0.6 is 23.1 Å². The minimum absolute atomic E-state index is 0.00132. The van der Waals surface area contributed by atoms with E-state index in [2.05, 4.69) is 35.2 Å². The second-order valence-electron chi connectivity index (χ2n) is 7.39. The van der Waals surface area contributed by atoms with Crippen molar-refractivity contribution in [3.8, 4) is 0 Å². The van der Waals surface area contributed by atoms with Crippen molar-refractivity contribution in [3.63, 3.8) is 0 Å². The number of hydrogen-bond donors (Lipinski definition) is 1. The second kappa shape index (κ2) is 8.64. The Morgan fingerprint density at radius 2 is 2.00 bits per heavy atom.